The Labute approximate surface area is 112 Å². The first-order valence-corrected chi connectivity index (χ1v) is 6.57. The molecule has 0 aliphatic heterocycles. The highest BCUT2D eigenvalue weighted by atomic mass is 16.3. The predicted molar refractivity (Wildman–Crippen MR) is 73.0 cm³/mol. The number of amides is 1. The molecule has 1 atom stereocenters. The van der Waals surface area contributed by atoms with Crippen LogP contribution >= 0.6 is 0 Å². The number of hydrogen-bond acceptors (Lipinski definition) is 2. The molecule has 1 amide bonds. The van der Waals surface area contributed by atoms with Crippen LogP contribution in [0.15, 0.2) is 41.0 Å². The molecule has 1 aliphatic carbocycles. The van der Waals surface area contributed by atoms with Crippen LogP contribution < -0.4 is 0 Å². The Morgan fingerprint density at radius 1 is 1.32 bits per heavy atom. The van der Waals surface area contributed by atoms with Gasteiger partial charge in [0.15, 0.2) is 5.76 Å². The Hall–Kier alpha value is -2.03. The number of nitrogens with zero attached hydrogens (tertiary/aromatic N) is 1. The number of benzene rings is 1. The highest BCUT2D eigenvalue weighted by molar-refractivity contribution is 5.93. The number of rotatable bonds is 2. The maximum atomic E-state index is 12.5. The summed E-state index contributed by atoms with van der Waals surface area (Å²) in [6.07, 6.45) is 3.59. The molecule has 1 aromatic carbocycles. The molecular weight excluding hydrogens is 238 g/mol. The van der Waals surface area contributed by atoms with Crippen molar-refractivity contribution in [1.29, 1.82) is 0 Å². The van der Waals surface area contributed by atoms with Crippen LogP contribution in [-0.4, -0.2) is 17.9 Å². The van der Waals surface area contributed by atoms with Crippen molar-refractivity contribution in [2.24, 2.45) is 0 Å². The quantitative estimate of drug-likeness (QED) is 0.824. The van der Waals surface area contributed by atoms with Crippen molar-refractivity contribution in [3.8, 4) is 0 Å². The second-order valence-corrected chi connectivity index (χ2v) is 5.10. The molecule has 1 unspecified atom stereocenters. The maximum absolute atomic E-state index is 12.5. The summed E-state index contributed by atoms with van der Waals surface area (Å²) in [4.78, 5) is 14.3. The molecule has 1 aromatic heterocycles. The zero-order valence-corrected chi connectivity index (χ0v) is 11.2. The highest BCUT2D eigenvalue weighted by Gasteiger charge is 2.30. The summed E-state index contributed by atoms with van der Waals surface area (Å²) in [5.41, 5.74) is 3.51. The minimum atomic E-state index is -0.0378. The van der Waals surface area contributed by atoms with Crippen molar-refractivity contribution in [3.63, 3.8) is 0 Å². The van der Waals surface area contributed by atoms with Gasteiger partial charge < -0.3 is 9.32 Å². The molecular formula is C16H17NO2. The molecule has 0 saturated heterocycles. The normalized spacial score (nSPS) is 17.3. The number of fused-ring (bicyclic) bond motifs is 1. The van der Waals surface area contributed by atoms with Gasteiger partial charge in [-0.3, -0.25) is 4.79 Å². The van der Waals surface area contributed by atoms with E-state index in [0.29, 0.717) is 5.76 Å². The molecule has 1 heterocycles. The van der Waals surface area contributed by atoms with Crippen LogP contribution in [0.1, 0.15) is 39.7 Å². The monoisotopic (exact) mass is 255 g/mol. The van der Waals surface area contributed by atoms with Crippen LogP contribution in [0.5, 0.6) is 0 Å². The van der Waals surface area contributed by atoms with Crippen LogP contribution in [0.4, 0.5) is 0 Å². The van der Waals surface area contributed by atoms with Gasteiger partial charge in [0.25, 0.3) is 5.91 Å². The molecule has 0 saturated carbocycles. The second kappa shape index (κ2) is 4.57. The lowest BCUT2D eigenvalue weighted by molar-refractivity contribution is 0.0697. The van der Waals surface area contributed by atoms with Crippen molar-refractivity contribution < 1.29 is 9.21 Å². The Morgan fingerprint density at radius 2 is 2.11 bits per heavy atom. The van der Waals surface area contributed by atoms with Gasteiger partial charge in [-0.05, 0) is 37.0 Å². The van der Waals surface area contributed by atoms with Crippen molar-refractivity contribution in [2.45, 2.75) is 25.8 Å². The first-order valence-electron chi connectivity index (χ1n) is 6.57. The molecule has 98 valence electrons. The third-order valence-electron chi connectivity index (χ3n) is 3.95. The van der Waals surface area contributed by atoms with Gasteiger partial charge in [-0.1, -0.05) is 24.3 Å². The molecule has 1 aliphatic rings. The Bertz CT molecular complexity index is 615. The zero-order chi connectivity index (χ0) is 13.4. The van der Waals surface area contributed by atoms with Crippen molar-refractivity contribution in [1.82, 2.24) is 4.90 Å². The van der Waals surface area contributed by atoms with E-state index in [0.717, 1.165) is 18.4 Å². The van der Waals surface area contributed by atoms with E-state index in [1.807, 2.05) is 26.1 Å². The third kappa shape index (κ3) is 1.95. The van der Waals surface area contributed by atoms with E-state index in [1.165, 1.54) is 11.1 Å². The van der Waals surface area contributed by atoms with Gasteiger partial charge in [0.2, 0.25) is 0 Å². The van der Waals surface area contributed by atoms with Crippen LogP contribution in [-0.2, 0) is 6.42 Å². The van der Waals surface area contributed by atoms with E-state index in [1.54, 1.807) is 11.2 Å². The summed E-state index contributed by atoms with van der Waals surface area (Å²) in [7, 11) is 1.86. The van der Waals surface area contributed by atoms with Gasteiger partial charge in [-0.2, -0.15) is 0 Å². The van der Waals surface area contributed by atoms with E-state index in [2.05, 4.69) is 18.2 Å². The average Bonchev–Trinajstić information content (AvgIpc) is 3.03. The Morgan fingerprint density at radius 3 is 2.84 bits per heavy atom. The lowest BCUT2D eigenvalue weighted by Crippen LogP contribution is -2.30. The van der Waals surface area contributed by atoms with Gasteiger partial charge in [-0.15, -0.1) is 0 Å². The first kappa shape index (κ1) is 12.0. The molecule has 2 aromatic rings. The average molecular weight is 255 g/mol. The molecule has 3 nitrogen and oxygen atoms in total. The Balaban J connectivity index is 1.88. The van der Waals surface area contributed by atoms with Crippen LogP contribution in [0.3, 0.4) is 0 Å². The molecule has 0 radical (unpaired) electrons. The molecule has 0 spiro atoms. The highest BCUT2D eigenvalue weighted by Crippen LogP contribution is 2.35. The fourth-order valence-corrected chi connectivity index (χ4v) is 2.83. The smallest absolute Gasteiger partial charge is 0.290 e. The summed E-state index contributed by atoms with van der Waals surface area (Å²) in [5, 5.41) is 0. The van der Waals surface area contributed by atoms with E-state index in [9.17, 15) is 4.79 Å². The van der Waals surface area contributed by atoms with Crippen LogP contribution in [0.25, 0.3) is 0 Å². The van der Waals surface area contributed by atoms with Crippen LogP contribution in [0.2, 0.25) is 0 Å². The second-order valence-electron chi connectivity index (χ2n) is 5.10. The van der Waals surface area contributed by atoms with Gasteiger partial charge in [0.05, 0.1) is 12.3 Å². The molecule has 3 heteroatoms. The molecule has 0 fully saturated rings. The summed E-state index contributed by atoms with van der Waals surface area (Å²) in [6, 6.07) is 10.3. The van der Waals surface area contributed by atoms with Crippen LogP contribution in [0, 0.1) is 6.92 Å². The van der Waals surface area contributed by atoms with Gasteiger partial charge in [-0.25, -0.2) is 0 Å². The maximum Gasteiger partial charge on any atom is 0.290 e. The number of carbonyl (C=O) groups is 1. The zero-order valence-electron chi connectivity index (χ0n) is 11.2. The van der Waals surface area contributed by atoms with Crippen molar-refractivity contribution in [3.05, 3.63) is 59.0 Å². The van der Waals surface area contributed by atoms with E-state index >= 15 is 0 Å². The van der Waals surface area contributed by atoms with E-state index < -0.39 is 0 Å². The number of carbonyl (C=O) groups excluding carboxylic acids is 1. The lowest BCUT2D eigenvalue weighted by atomic mass is 10.1. The number of aryl methyl sites for hydroxylation is 2. The van der Waals surface area contributed by atoms with Gasteiger partial charge in [0, 0.05) is 12.6 Å². The summed E-state index contributed by atoms with van der Waals surface area (Å²) < 4.78 is 5.30. The topological polar surface area (TPSA) is 33.5 Å². The lowest BCUT2D eigenvalue weighted by Gasteiger charge is -2.24. The van der Waals surface area contributed by atoms with Gasteiger partial charge >= 0.3 is 0 Å². The molecule has 0 bridgehead atoms. The Kier molecular flexibility index (Phi) is 2.90. The minimum Gasteiger partial charge on any atom is -0.459 e. The fourth-order valence-electron chi connectivity index (χ4n) is 2.83. The summed E-state index contributed by atoms with van der Waals surface area (Å²) in [6.45, 7) is 1.90. The van der Waals surface area contributed by atoms with Crippen molar-refractivity contribution >= 4 is 5.91 Å². The molecule has 0 N–H and O–H groups in total. The molecule has 19 heavy (non-hydrogen) atoms. The van der Waals surface area contributed by atoms with Crippen molar-refractivity contribution in [2.75, 3.05) is 7.05 Å². The molecule has 3 rings (SSSR count). The first-order chi connectivity index (χ1) is 9.18. The SMILES string of the molecule is Cc1ccoc1C(=O)N(C)C1CCc2ccccc21. The van der Waals surface area contributed by atoms with Gasteiger partial charge in [0.1, 0.15) is 0 Å². The summed E-state index contributed by atoms with van der Waals surface area (Å²) >= 11 is 0. The third-order valence-corrected chi connectivity index (χ3v) is 3.95. The number of furan rings is 1. The minimum absolute atomic E-state index is 0.0378. The standard InChI is InChI=1S/C16H17NO2/c1-11-9-10-19-15(11)16(18)17(2)14-8-7-12-5-3-4-6-13(12)14/h3-6,9-10,14H,7-8H2,1-2H3. The van der Waals surface area contributed by atoms with E-state index in [-0.39, 0.29) is 11.9 Å². The van der Waals surface area contributed by atoms with E-state index in [4.69, 9.17) is 4.42 Å². The number of hydrogen-bond donors (Lipinski definition) is 0. The predicted octanol–water partition coefficient (Wildman–Crippen LogP) is 3.35. The largest absolute Gasteiger partial charge is 0.459 e. The fraction of sp³-hybridized carbons (Fsp3) is 0.312. The summed E-state index contributed by atoms with van der Waals surface area (Å²) in [5.74, 6) is 0.413.